The molecule has 5 rings (SSSR count). The van der Waals surface area contributed by atoms with Crippen LogP contribution < -0.4 is 0 Å². The number of hydrogen-bond donors (Lipinski definition) is 1. The average Bonchev–Trinajstić information content (AvgIpc) is 2.97. The molecule has 2 nitrogen and oxygen atoms in total. The fourth-order valence-corrected chi connectivity index (χ4v) is 4.22. The van der Waals surface area contributed by atoms with E-state index in [0.29, 0.717) is 5.92 Å². The second kappa shape index (κ2) is 4.11. The molecule has 3 aromatic rings. The zero-order valence-electron chi connectivity index (χ0n) is 11.8. The highest BCUT2D eigenvalue weighted by Gasteiger charge is 2.47. The Morgan fingerprint density at radius 3 is 2.52 bits per heavy atom. The van der Waals surface area contributed by atoms with E-state index >= 15 is 0 Å². The molecule has 2 saturated carbocycles. The van der Waals surface area contributed by atoms with Gasteiger partial charge < -0.3 is 9.52 Å². The van der Waals surface area contributed by atoms with E-state index in [0.717, 1.165) is 39.3 Å². The van der Waals surface area contributed by atoms with Gasteiger partial charge in [-0.1, -0.05) is 24.3 Å². The third-order valence-electron chi connectivity index (χ3n) is 5.47. The molecule has 21 heavy (non-hydrogen) atoms. The zero-order chi connectivity index (χ0) is 14.0. The lowest BCUT2D eigenvalue weighted by Crippen LogP contribution is -2.10. The first kappa shape index (κ1) is 11.8. The van der Waals surface area contributed by atoms with Gasteiger partial charge in [0.15, 0.2) is 0 Å². The van der Waals surface area contributed by atoms with Crippen molar-refractivity contribution in [3.05, 3.63) is 48.0 Å². The van der Waals surface area contributed by atoms with Crippen molar-refractivity contribution in [2.24, 2.45) is 17.8 Å². The summed E-state index contributed by atoms with van der Waals surface area (Å²) in [7, 11) is 0. The fraction of sp³-hybridized carbons (Fsp3) is 0.368. The van der Waals surface area contributed by atoms with Crippen LogP contribution in [0.25, 0.3) is 21.9 Å². The van der Waals surface area contributed by atoms with Gasteiger partial charge in [0.05, 0.1) is 6.10 Å². The largest absolute Gasteiger partial charge is 0.456 e. The Labute approximate surface area is 123 Å². The van der Waals surface area contributed by atoms with Crippen LogP contribution >= 0.6 is 0 Å². The van der Waals surface area contributed by atoms with Crippen molar-refractivity contribution in [1.29, 1.82) is 0 Å². The van der Waals surface area contributed by atoms with Crippen molar-refractivity contribution in [2.75, 3.05) is 0 Å². The molecule has 2 heteroatoms. The smallest absolute Gasteiger partial charge is 0.135 e. The van der Waals surface area contributed by atoms with Gasteiger partial charge in [-0.2, -0.15) is 0 Å². The summed E-state index contributed by atoms with van der Waals surface area (Å²) in [4.78, 5) is 0. The van der Waals surface area contributed by atoms with Crippen molar-refractivity contribution < 1.29 is 9.52 Å². The number of aliphatic hydroxyl groups is 1. The van der Waals surface area contributed by atoms with Crippen molar-refractivity contribution in [3.8, 4) is 0 Å². The van der Waals surface area contributed by atoms with Crippen LogP contribution in [0.1, 0.15) is 30.9 Å². The van der Waals surface area contributed by atoms with E-state index in [1.54, 1.807) is 0 Å². The number of hydrogen-bond acceptors (Lipinski definition) is 2. The molecule has 2 aliphatic carbocycles. The van der Waals surface area contributed by atoms with Crippen molar-refractivity contribution in [3.63, 3.8) is 0 Å². The highest BCUT2D eigenvalue weighted by Crippen LogP contribution is 2.57. The Bertz CT molecular complexity index is 822. The summed E-state index contributed by atoms with van der Waals surface area (Å²) in [5.74, 6) is 2.26. The monoisotopic (exact) mass is 278 g/mol. The minimum Gasteiger partial charge on any atom is -0.456 e. The van der Waals surface area contributed by atoms with Gasteiger partial charge in [-0.25, -0.2) is 0 Å². The number of furan rings is 1. The molecule has 2 fully saturated rings. The SMILES string of the molecule is OC(c1ccc2oc3ccccc3c2c1)C1CC2CC2C1. The minimum absolute atomic E-state index is 0.323. The van der Waals surface area contributed by atoms with E-state index in [1.165, 1.54) is 19.3 Å². The van der Waals surface area contributed by atoms with Gasteiger partial charge in [0.25, 0.3) is 0 Å². The second-order valence-corrected chi connectivity index (χ2v) is 6.79. The molecular formula is C19H18O2. The van der Waals surface area contributed by atoms with Crippen LogP contribution in [0, 0.1) is 17.8 Å². The molecule has 106 valence electrons. The number of fused-ring (bicyclic) bond motifs is 4. The summed E-state index contributed by atoms with van der Waals surface area (Å²) < 4.78 is 5.86. The van der Waals surface area contributed by atoms with Crippen LogP contribution in [-0.2, 0) is 0 Å². The maximum atomic E-state index is 10.7. The number of aliphatic hydroxyl groups excluding tert-OH is 1. The van der Waals surface area contributed by atoms with Gasteiger partial charge in [-0.05, 0) is 60.8 Å². The zero-order valence-corrected chi connectivity index (χ0v) is 11.8. The van der Waals surface area contributed by atoms with Crippen molar-refractivity contribution in [2.45, 2.75) is 25.4 Å². The summed E-state index contributed by atoms with van der Waals surface area (Å²) in [6.07, 6.45) is 3.48. The third kappa shape index (κ3) is 1.75. The van der Waals surface area contributed by atoms with Crippen molar-refractivity contribution >= 4 is 21.9 Å². The molecule has 3 atom stereocenters. The molecule has 2 aromatic carbocycles. The first-order chi connectivity index (χ1) is 10.3. The van der Waals surface area contributed by atoms with Gasteiger partial charge in [0.1, 0.15) is 11.2 Å². The highest BCUT2D eigenvalue weighted by molar-refractivity contribution is 6.04. The van der Waals surface area contributed by atoms with E-state index in [-0.39, 0.29) is 6.10 Å². The molecule has 0 spiro atoms. The van der Waals surface area contributed by atoms with E-state index in [1.807, 2.05) is 30.3 Å². The predicted octanol–water partition coefficient (Wildman–Crippen LogP) is 4.67. The van der Waals surface area contributed by atoms with Gasteiger partial charge in [-0.15, -0.1) is 0 Å². The fourth-order valence-electron chi connectivity index (χ4n) is 4.22. The first-order valence-electron chi connectivity index (χ1n) is 7.89. The van der Waals surface area contributed by atoms with Crippen LogP contribution in [0.4, 0.5) is 0 Å². The molecule has 0 amide bonds. The van der Waals surface area contributed by atoms with Crippen LogP contribution in [0.3, 0.4) is 0 Å². The molecule has 1 aromatic heterocycles. The maximum Gasteiger partial charge on any atom is 0.135 e. The molecular weight excluding hydrogens is 260 g/mol. The van der Waals surface area contributed by atoms with E-state index in [9.17, 15) is 5.11 Å². The molecule has 0 saturated heterocycles. The maximum absolute atomic E-state index is 10.7. The lowest BCUT2D eigenvalue weighted by Gasteiger charge is -2.19. The van der Waals surface area contributed by atoms with Crippen LogP contribution in [0.2, 0.25) is 0 Å². The molecule has 0 bridgehead atoms. The van der Waals surface area contributed by atoms with E-state index < -0.39 is 0 Å². The topological polar surface area (TPSA) is 33.4 Å². The van der Waals surface area contributed by atoms with Gasteiger partial charge in [-0.3, -0.25) is 0 Å². The van der Waals surface area contributed by atoms with Crippen molar-refractivity contribution in [1.82, 2.24) is 0 Å². The summed E-state index contributed by atoms with van der Waals surface area (Å²) >= 11 is 0. The van der Waals surface area contributed by atoms with Gasteiger partial charge in [0, 0.05) is 10.8 Å². The molecule has 1 N–H and O–H groups in total. The molecule has 0 radical (unpaired) electrons. The van der Waals surface area contributed by atoms with E-state index in [2.05, 4.69) is 12.1 Å². The Hall–Kier alpha value is -1.80. The lowest BCUT2D eigenvalue weighted by molar-refractivity contribution is 0.104. The van der Waals surface area contributed by atoms with Gasteiger partial charge >= 0.3 is 0 Å². The Kier molecular flexibility index (Phi) is 2.31. The molecule has 0 aliphatic heterocycles. The Balaban J connectivity index is 1.58. The standard InChI is InChI=1S/C19H18O2/c20-19(14-8-12-7-13(12)9-14)11-5-6-18-16(10-11)15-3-1-2-4-17(15)21-18/h1-6,10,12-14,19-20H,7-9H2. The summed E-state index contributed by atoms with van der Waals surface area (Å²) in [5, 5.41) is 12.9. The third-order valence-corrected chi connectivity index (χ3v) is 5.47. The van der Waals surface area contributed by atoms with E-state index in [4.69, 9.17) is 4.42 Å². The molecule has 1 heterocycles. The number of rotatable bonds is 2. The lowest BCUT2D eigenvalue weighted by atomic mass is 9.91. The minimum atomic E-state index is -0.323. The highest BCUT2D eigenvalue weighted by atomic mass is 16.3. The number of benzene rings is 2. The Morgan fingerprint density at radius 1 is 0.905 bits per heavy atom. The predicted molar refractivity (Wildman–Crippen MR) is 83.0 cm³/mol. The normalized spacial score (nSPS) is 28.9. The quantitative estimate of drug-likeness (QED) is 0.739. The van der Waals surface area contributed by atoms with Gasteiger partial charge in [0.2, 0.25) is 0 Å². The first-order valence-corrected chi connectivity index (χ1v) is 7.89. The summed E-state index contributed by atoms with van der Waals surface area (Å²) in [6, 6.07) is 14.3. The molecule has 3 unspecified atom stereocenters. The molecule has 2 aliphatic rings. The summed E-state index contributed by atoms with van der Waals surface area (Å²) in [6.45, 7) is 0. The number of para-hydroxylation sites is 1. The Morgan fingerprint density at radius 2 is 1.67 bits per heavy atom. The van der Waals surface area contributed by atoms with Crippen LogP contribution in [0.15, 0.2) is 46.9 Å². The summed E-state index contributed by atoms with van der Waals surface area (Å²) in [5.41, 5.74) is 2.86. The van der Waals surface area contributed by atoms with Crippen LogP contribution in [-0.4, -0.2) is 5.11 Å². The van der Waals surface area contributed by atoms with Crippen LogP contribution in [0.5, 0.6) is 0 Å². The average molecular weight is 278 g/mol. The second-order valence-electron chi connectivity index (χ2n) is 6.79.